The standard InChI is InChI=1S/C15H21N3/c1-4-12(9-15-10-16-18-17-15)14-7-5-13(6-8-14)11(2)3/h5-8,10-12H,4,9H2,1-3H3,(H,16,17,18). The molecule has 0 saturated carbocycles. The third-order valence-corrected chi connectivity index (χ3v) is 3.49. The fourth-order valence-electron chi connectivity index (χ4n) is 2.23. The second kappa shape index (κ2) is 5.80. The molecule has 0 saturated heterocycles. The zero-order valence-electron chi connectivity index (χ0n) is 11.4. The lowest BCUT2D eigenvalue weighted by molar-refractivity contribution is 0.647. The van der Waals surface area contributed by atoms with Gasteiger partial charge in [-0.3, -0.25) is 0 Å². The molecule has 1 atom stereocenters. The highest BCUT2D eigenvalue weighted by molar-refractivity contribution is 5.27. The van der Waals surface area contributed by atoms with Gasteiger partial charge in [0.2, 0.25) is 0 Å². The molecule has 0 radical (unpaired) electrons. The summed E-state index contributed by atoms with van der Waals surface area (Å²) in [5.41, 5.74) is 3.83. The van der Waals surface area contributed by atoms with Crippen molar-refractivity contribution in [3.8, 4) is 0 Å². The molecule has 1 N–H and O–H groups in total. The largest absolute Gasteiger partial charge is 0.198 e. The number of H-pyrrole nitrogens is 1. The van der Waals surface area contributed by atoms with Gasteiger partial charge in [-0.05, 0) is 35.8 Å². The molecule has 1 unspecified atom stereocenters. The van der Waals surface area contributed by atoms with E-state index in [-0.39, 0.29) is 0 Å². The van der Waals surface area contributed by atoms with Crippen LogP contribution in [0, 0.1) is 0 Å². The molecule has 0 fully saturated rings. The van der Waals surface area contributed by atoms with Gasteiger partial charge in [-0.2, -0.15) is 15.4 Å². The number of hydrogen-bond donors (Lipinski definition) is 1. The Hall–Kier alpha value is -1.64. The number of aromatic nitrogens is 3. The number of hydrogen-bond acceptors (Lipinski definition) is 2. The van der Waals surface area contributed by atoms with Crippen molar-refractivity contribution in [1.82, 2.24) is 15.4 Å². The summed E-state index contributed by atoms with van der Waals surface area (Å²) in [7, 11) is 0. The maximum atomic E-state index is 4.14. The summed E-state index contributed by atoms with van der Waals surface area (Å²) in [6.45, 7) is 6.67. The Kier molecular flexibility index (Phi) is 4.13. The molecule has 1 aromatic carbocycles. The van der Waals surface area contributed by atoms with Gasteiger partial charge in [-0.15, -0.1) is 0 Å². The summed E-state index contributed by atoms with van der Waals surface area (Å²) in [4.78, 5) is 0. The van der Waals surface area contributed by atoms with Crippen LogP contribution in [0.25, 0.3) is 0 Å². The van der Waals surface area contributed by atoms with E-state index < -0.39 is 0 Å². The first kappa shape index (κ1) is 12.8. The zero-order chi connectivity index (χ0) is 13.0. The van der Waals surface area contributed by atoms with E-state index in [0.717, 1.165) is 18.5 Å². The highest BCUT2D eigenvalue weighted by Crippen LogP contribution is 2.25. The fourth-order valence-corrected chi connectivity index (χ4v) is 2.23. The molecule has 0 aliphatic heterocycles. The molecule has 3 nitrogen and oxygen atoms in total. The van der Waals surface area contributed by atoms with E-state index in [1.165, 1.54) is 11.1 Å². The Morgan fingerprint density at radius 1 is 1.11 bits per heavy atom. The summed E-state index contributed by atoms with van der Waals surface area (Å²) in [6, 6.07) is 8.99. The van der Waals surface area contributed by atoms with Crippen LogP contribution in [0.4, 0.5) is 0 Å². The highest BCUT2D eigenvalue weighted by atomic mass is 15.3. The average molecular weight is 243 g/mol. The molecule has 0 aliphatic rings. The van der Waals surface area contributed by atoms with E-state index in [4.69, 9.17) is 0 Å². The second-order valence-electron chi connectivity index (χ2n) is 5.09. The third-order valence-electron chi connectivity index (χ3n) is 3.49. The number of nitrogens with one attached hydrogen (secondary N) is 1. The number of nitrogens with zero attached hydrogens (tertiary/aromatic N) is 2. The van der Waals surface area contributed by atoms with Gasteiger partial charge in [0.25, 0.3) is 0 Å². The number of rotatable bonds is 5. The van der Waals surface area contributed by atoms with Crippen LogP contribution in [0.2, 0.25) is 0 Å². The average Bonchev–Trinajstić information content (AvgIpc) is 2.89. The maximum absolute atomic E-state index is 4.14. The van der Waals surface area contributed by atoms with Crippen molar-refractivity contribution in [2.45, 2.75) is 45.4 Å². The van der Waals surface area contributed by atoms with Gasteiger partial charge in [0.05, 0.1) is 11.9 Å². The predicted molar refractivity (Wildman–Crippen MR) is 73.6 cm³/mol. The van der Waals surface area contributed by atoms with Crippen molar-refractivity contribution in [2.24, 2.45) is 0 Å². The van der Waals surface area contributed by atoms with E-state index in [1.807, 2.05) is 6.20 Å². The highest BCUT2D eigenvalue weighted by Gasteiger charge is 2.12. The van der Waals surface area contributed by atoms with Crippen LogP contribution < -0.4 is 0 Å². The van der Waals surface area contributed by atoms with Crippen molar-refractivity contribution < 1.29 is 0 Å². The molecule has 2 rings (SSSR count). The van der Waals surface area contributed by atoms with Gasteiger partial charge in [-0.1, -0.05) is 45.0 Å². The Morgan fingerprint density at radius 3 is 2.28 bits per heavy atom. The van der Waals surface area contributed by atoms with E-state index in [0.29, 0.717) is 11.8 Å². The monoisotopic (exact) mass is 243 g/mol. The Bertz CT molecular complexity index is 457. The van der Waals surface area contributed by atoms with Crippen LogP contribution >= 0.6 is 0 Å². The fraction of sp³-hybridized carbons (Fsp3) is 0.467. The molecule has 96 valence electrons. The Balaban J connectivity index is 2.12. The first-order valence-corrected chi connectivity index (χ1v) is 6.65. The Morgan fingerprint density at radius 2 is 1.78 bits per heavy atom. The first-order valence-electron chi connectivity index (χ1n) is 6.65. The summed E-state index contributed by atoms with van der Waals surface area (Å²) in [5, 5.41) is 10.7. The normalized spacial score (nSPS) is 12.9. The summed E-state index contributed by atoms with van der Waals surface area (Å²) in [6.07, 6.45) is 3.88. The van der Waals surface area contributed by atoms with Crippen LogP contribution in [-0.2, 0) is 6.42 Å². The molecule has 0 aliphatic carbocycles. The minimum Gasteiger partial charge on any atom is -0.198 e. The molecule has 3 heteroatoms. The van der Waals surface area contributed by atoms with Crippen LogP contribution in [0.15, 0.2) is 30.5 Å². The molecule has 0 bridgehead atoms. The molecule has 1 aromatic heterocycles. The van der Waals surface area contributed by atoms with E-state index in [1.54, 1.807) is 0 Å². The van der Waals surface area contributed by atoms with Gasteiger partial charge in [0, 0.05) is 0 Å². The molecule has 0 spiro atoms. The van der Waals surface area contributed by atoms with Crippen molar-refractivity contribution in [3.63, 3.8) is 0 Å². The molecular weight excluding hydrogens is 222 g/mol. The maximum Gasteiger partial charge on any atom is 0.0830 e. The minimum absolute atomic E-state index is 0.524. The van der Waals surface area contributed by atoms with Crippen LogP contribution in [0.3, 0.4) is 0 Å². The van der Waals surface area contributed by atoms with Gasteiger partial charge in [0.1, 0.15) is 0 Å². The lowest BCUT2D eigenvalue weighted by Crippen LogP contribution is -2.02. The summed E-state index contributed by atoms with van der Waals surface area (Å²) in [5.74, 6) is 1.12. The molecule has 1 heterocycles. The van der Waals surface area contributed by atoms with Gasteiger partial charge >= 0.3 is 0 Å². The van der Waals surface area contributed by atoms with Gasteiger partial charge in [0.15, 0.2) is 0 Å². The first-order chi connectivity index (χ1) is 8.70. The van der Waals surface area contributed by atoms with Crippen molar-refractivity contribution in [2.75, 3.05) is 0 Å². The van der Waals surface area contributed by atoms with Gasteiger partial charge < -0.3 is 0 Å². The molecule has 0 amide bonds. The quantitative estimate of drug-likeness (QED) is 0.870. The second-order valence-corrected chi connectivity index (χ2v) is 5.09. The van der Waals surface area contributed by atoms with Crippen molar-refractivity contribution >= 4 is 0 Å². The topological polar surface area (TPSA) is 41.6 Å². The van der Waals surface area contributed by atoms with E-state index in [9.17, 15) is 0 Å². The number of benzene rings is 1. The lowest BCUT2D eigenvalue weighted by atomic mass is 9.90. The molecular formula is C15H21N3. The summed E-state index contributed by atoms with van der Waals surface area (Å²) < 4.78 is 0. The van der Waals surface area contributed by atoms with Crippen molar-refractivity contribution in [3.05, 3.63) is 47.3 Å². The van der Waals surface area contributed by atoms with E-state index >= 15 is 0 Å². The van der Waals surface area contributed by atoms with Crippen LogP contribution in [0.1, 0.15) is 55.8 Å². The summed E-state index contributed by atoms with van der Waals surface area (Å²) >= 11 is 0. The van der Waals surface area contributed by atoms with Crippen LogP contribution in [0.5, 0.6) is 0 Å². The third kappa shape index (κ3) is 2.97. The molecule has 2 aromatic rings. The number of aromatic amines is 1. The predicted octanol–water partition coefficient (Wildman–Crippen LogP) is 3.66. The lowest BCUT2D eigenvalue weighted by Gasteiger charge is -2.15. The van der Waals surface area contributed by atoms with Gasteiger partial charge in [-0.25, -0.2) is 0 Å². The SMILES string of the molecule is CCC(Cc1cn[nH]n1)c1ccc(C(C)C)cc1. The molecule has 18 heavy (non-hydrogen) atoms. The van der Waals surface area contributed by atoms with Crippen LogP contribution in [-0.4, -0.2) is 15.4 Å². The van der Waals surface area contributed by atoms with E-state index in [2.05, 4.69) is 60.4 Å². The van der Waals surface area contributed by atoms with Crippen molar-refractivity contribution in [1.29, 1.82) is 0 Å². The minimum atomic E-state index is 0.524. The zero-order valence-corrected chi connectivity index (χ0v) is 11.4. The Labute approximate surface area is 109 Å². The smallest absolute Gasteiger partial charge is 0.0830 e.